The smallest absolute Gasteiger partial charge is 0.211 e. The molecule has 0 N–H and O–H groups in total. The predicted molar refractivity (Wildman–Crippen MR) is 76.2 cm³/mol. The van der Waals surface area contributed by atoms with Gasteiger partial charge in [0.15, 0.2) is 0 Å². The molecule has 0 fully saturated rings. The molecular weight excluding hydrogens is 236 g/mol. The Morgan fingerprint density at radius 2 is 1.74 bits per heavy atom. The van der Waals surface area contributed by atoms with Gasteiger partial charge in [-0.2, -0.15) is 4.99 Å². The van der Waals surface area contributed by atoms with Crippen LogP contribution < -0.4 is 0 Å². The summed E-state index contributed by atoms with van der Waals surface area (Å²) in [5.74, 6) is 2.50. The lowest BCUT2D eigenvalue weighted by atomic mass is 10.0. The number of carbonyl (C=O) groups excluding carboxylic acids is 1. The molecule has 19 heavy (non-hydrogen) atoms. The molecular formula is C16H12N2O. The maximum Gasteiger partial charge on any atom is 0.240 e. The van der Waals surface area contributed by atoms with Crippen molar-refractivity contribution in [3.05, 3.63) is 66.2 Å². The first kappa shape index (κ1) is 12.7. The molecule has 2 aromatic carbocycles. The van der Waals surface area contributed by atoms with Crippen molar-refractivity contribution in [1.82, 2.24) is 0 Å². The van der Waals surface area contributed by atoms with E-state index < -0.39 is 0 Å². The van der Waals surface area contributed by atoms with E-state index in [1.165, 1.54) is 0 Å². The number of hydrogen-bond acceptors (Lipinski definition) is 3. The van der Waals surface area contributed by atoms with Crippen LogP contribution in [0.1, 0.15) is 11.1 Å². The summed E-state index contributed by atoms with van der Waals surface area (Å²) < 4.78 is 0. The van der Waals surface area contributed by atoms with Gasteiger partial charge in [0, 0.05) is 0 Å². The molecule has 2 rings (SSSR count). The second-order valence-corrected chi connectivity index (χ2v) is 3.99. The monoisotopic (exact) mass is 248 g/mol. The summed E-state index contributed by atoms with van der Waals surface area (Å²) in [7, 11) is 0. The van der Waals surface area contributed by atoms with Gasteiger partial charge in [0.05, 0.1) is 11.4 Å². The van der Waals surface area contributed by atoms with Crippen LogP contribution in [0.4, 0.5) is 11.4 Å². The van der Waals surface area contributed by atoms with Crippen LogP contribution in [0.5, 0.6) is 0 Å². The highest BCUT2D eigenvalue weighted by Crippen LogP contribution is 2.18. The normalized spacial score (nSPS) is 9.26. The van der Waals surface area contributed by atoms with Crippen molar-refractivity contribution in [3.8, 4) is 0 Å². The number of rotatable bonds is 4. The van der Waals surface area contributed by atoms with Crippen molar-refractivity contribution in [3.63, 3.8) is 0 Å². The highest BCUT2D eigenvalue weighted by atomic mass is 16.1. The van der Waals surface area contributed by atoms with E-state index in [1.54, 1.807) is 12.1 Å². The molecule has 3 nitrogen and oxygen atoms in total. The maximum atomic E-state index is 10.2. The van der Waals surface area contributed by atoms with E-state index in [-0.39, 0.29) is 0 Å². The molecule has 0 aliphatic heterocycles. The van der Waals surface area contributed by atoms with E-state index in [0.29, 0.717) is 5.69 Å². The summed E-state index contributed by atoms with van der Waals surface area (Å²) in [5.41, 5.74) is 3.71. The van der Waals surface area contributed by atoms with Crippen LogP contribution in [0.25, 0.3) is 0 Å². The standard InChI is InChI=1S/C16H12N2O/c1-2-17-15-8-6-13(7-9-15)10-14-4-3-5-16(11-14)18-12-19/h3-9,11H,1,10H2. The SMILES string of the molecule is C=C=Nc1ccc(Cc2cccc(N=C=O)c2)cc1. The summed E-state index contributed by atoms with van der Waals surface area (Å²) in [6.07, 6.45) is 2.32. The second kappa shape index (κ2) is 6.27. The number of aliphatic imine (C=N–C) groups is 2. The van der Waals surface area contributed by atoms with Crippen LogP contribution in [0.3, 0.4) is 0 Å². The average Bonchev–Trinajstić information content (AvgIpc) is 2.42. The fourth-order valence-corrected chi connectivity index (χ4v) is 1.80. The molecule has 0 heterocycles. The zero-order chi connectivity index (χ0) is 13.5. The Balaban J connectivity index is 2.18. The Labute approximate surface area is 111 Å². The van der Waals surface area contributed by atoms with Gasteiger partial charge in [-0.1, -0.05) is 24.3 Å². The van der Waals surface area contributed by atoms with E-state index in [9.17, 15) is 4.79 Å². The molecule has 0 unspecified atom stereocenters. The molecule has 0 aromatic heterocycles. The van der Waals surface area contributed by atoms with Gasteiger partial charge >= 0.3 is 0 Å². The van der Waals surface area contributed by atoms with Crippen LogP contribution in [-0.4, -0.2) is 11.9 Å². The summed E-state index contributed by atoms with van der Waals surface area (Å²) in [6, 6.07) is 15.4. The van der Waals surface area contributed by atoms with E-state index in [0.717, 1.165) is 23.2 Å². The Hall–Kier alpha value is -2.73. The van der Waals surface area contributed by atoms with E-state index >= 15 is 0 Å². The van der Waals surface area contributed by atoms with Crippen LogP contribution in [0.2, 0.25) is 0 Å². The van der Waals surface area contributed by atoms with Gasteiger partial charge in [0.1, 0.15) is 0 Å². The molecule has 0 atom stereocenters. The lowest BCUT2D eigenvalue weighted by Gasteiger charge is -2.03. The maximum absolute atomic E-state index is 10.2. The van der Waals surface area contributed by atoms with Crippen molar-refractivity contribution in [1.29, 1.82) is 0 Å². The van der Waals surface area contributed by atoms with Gasteiger partial charge in [-0.15, -0.1) is 0 Å². The van der Waals surface area contributed by atoms with Gasteiger partial charge in [-0.3, -0.25) is 0 Å². The Kier molecular flexibility index (Phi) is 4.20. The zero-order valence-electron chi connectivity index (χ0n) is 10.3. The van der Waals surface area contributed by atoms with Gasteiger partial charge in [-0.05, 0) is 54.3 Å². The first-order valence-electron chi connectivity index (χ1n) is 5.80. The largest absolute Gasteiger partial charge is 0.240 e. The molecule has 3 heteroatoms. The van der Waals surface area contributed by atoms with Gasteiger partial charge in [0.25, 0.3) is 0 Å². The molecule has 0 spiro atoms. The third-order valence-electron chi connectivity index (χ3n) is 2.64. The minimum absolute atomic E-state index is 0.625. The Bertz CT molecular complexity index is 661. The van der Waals surface area contributed by atoms with E-state index in [1.807, 2.05) is 42.5 Å². The molecule has 0 aliphatic carbocycles. The topological polar surface area (TPSA) is 41.8 Å². The van der Waals surface area contributed by atoms with Crippen molar-refractivity contribution >= 4 is 23.3 Å². The number of hydrogen-bond donors (Lipinski definition) is 0. The fraction of sp³-hybridized carbons (Fsp3) is 0.0625. The fourth-order valence-electron chi connectivity index (χ4n) is 1.80. The van der Waals surface area contributed by atoms with Gasteiger partial charge in [0.2, 0.25) is 6.08 Å². The third kappa shape index (κ3) is 3.62. The minimum atomic E-state index is 0.625. The molecule has 0 amide bonds. The third-order valence-corrected chi connectivity index (χ3v) is 2.64. The summed E-state index contributed by atoms with van der Waals surface area (Å²) >= 11 is 0. The first-order chi connectivity index (χ1) is 9.31. The van der Waals surface area contributed by atoms with Crippen molar-refractivity contribution < 1.29 is 4.79 Å². The summed E-state index contributed by atoms with van der Waals surface area (Å²) in [5, 5.41) is 0. The Morgan fingerprint density at radius 1 is 0.947 bits per heavy atom. The van der Waals surface area contributed by atoms with Crippen LogP contribution >= 0.6 is 0 Å². The summed E-state index contributed by atoms with van der Waals surface area (Å²) in [4.78, 5) is 17.8. The quantitative estimate of drug-likeness (QED) is 0.600. The number of nitrogens with zero attached hydrogens (tertiary/aromatic N) is 2. The molecule has 2 aromatic rings. The predicted octanol–water partition coefficient (Wildman–Crippen LogP) is 3.73. The first-order valence-corrected chi connectivity index (χ1v) is 5.80. The van der Waals surface area contributed by atoms with Crippen molar-refractivity contribution in [2.24, 2.45) is 9.98 Å². The average molecular weight is 248 g/mol. The molecule has 0 aliphatic rings. The minimum Gasteiger partial charge on any atom is -0.211 e. The molecule has 92 valence electrons. The van der Waals surface area contributed by atoms with Crippen LogP contribution in [0, 0.1) is 0 Å². The molecule has 0 radical (unpaired) electrons. The van der Waals surface area contributed by atoms with Gasteiger partial charge in [-0.25, -0.2) is 9.79 Å². The van der Waals surface area contributed by atoms with Crippen LogP contribution in [0.15, 0.2) is 65.1 Å². The molecule has 0 bridgehead atoms. The lowest BCUT2D eigenvalue weighted by Crippen LogP contribution is -1.86. The van der Waals surface area contributed by atoms with Gasteiger partial charge < -0.3 is 0 Å². The highest BCUT2D eigenvalue weighted by molar-refractivity contribution is 5.56. The Morgan fingerprint density at radius 3 is 2.42 bits per heavy atom. The molecule has 0 saturated heterocycles. The number of benzene rings is 2. The molecule has 0 saturated carbocycles. The van der Waals surface area contributed by atoms with Crippen molar-refractivity contribution in [2.45, 2.75) is 6.42 Å². The van der Waals surface area contributed by atoms with Crippen molar-refractivity contribution in [2.75, 3.05) is 0 Å². The zero-order valence-corrected chi connectivity index (χ0v) is 10.3. The van der Waals surface area contributed by atoms with E-state index in [4.69, 9.17) is 0 Å². The lowest BCUT2D eigenvalue weighted by molar-refractivity contribution is 0.565. The highest BCUT2D eigenvalue weighted by Gasteiger charge is 1.98. The summed E-state index contributed by atoms with van der Waals surface area (Å²) in [6.45, 7) is 3.44. The number of isocyanates is 1. The second-order valence-electron chi connectivity index (χ2n) is 3.99. The van der Waals surface area contributed by atoms with Crippen LogP contribution in [-0.2, 0) is 11.2 Å². The van der Waals surface area contributed by atoms with E-state index in [2.05, 4.69) is 22.4 Å².